The molecule has 1 aromatic rings. The molecule has 98 valence electrons. The van der Waals surface area contributed by atoms with E-state index in [4.69, 9.17) is 10.8 Å². The second-order valence-electron chi connectivity index (χ2n) is 4.07. The van der Waals surface area contributed by atoms with Crippen LogP contribution in [-0.4, -0.2) is 29.6 Å². The Morgan fingerprint density at radius 1 is 1.28 bits per heavy atom. The summed E-state index contributed by atoms with van der Waals surface area (Å²) in [5.41, 5.74) is 6.85. The Morgan fingerprint density at radius 2 is 1.94 bits per heavy atom. The average molecular weight is 250 g/mol. The lowest BCUT2D eigenvalue weighted by molar-refractivity contribution is -0.136. The van der Waals surface area contributed by atoms with Crippen molar-refractivity contribution in [3.05, 3.63) is 35.9 Å². The highest BCUT2D eigenvalue weighted by atomic mass is 16.4. The third kappa shape index (κ3) is 5.45. The van der Waals surface area contributed by atoms with Crippen LogP contribution in [0.15, 0.2) is 30.3 Å². The summed E-state index contributed by atoms with van der Waals surface area (Å²) >= 11 is 0. The van der Waals surface area contributed by atoms with E-state index in [1.54, 1.807) is 0 Å². The van der Waals surface area contributed by atoms with Crippen LogP contribution in [0.1, 0.15) is 18.4 Å². The molecule has 0 spiro atoms. The van der Waals surface area contributed by atoms with Crippen molar-refractivity contribution in [2.75, 3.05) is 6.54 Å². The van der Waals surface area contributed by atoms with Crippen molar-refractivity contribution in [2.24, 2.45) is 5.73 Å². The average Bonchev–Trinajstić information content (AvgIpc) is 2.36. The second-order valence-corrected chi connectivity index (χ2v) is 4.07. The highest BCUT2D eigenvalue weighted by Crippen LogP contribution is 2.03. The highest BCUT2D eigenvalue weighted by molar-refractivity contribution is 5.81. The molecule has 0 aliphatic heterocycles. The van der Waals surface area contributed by atoms with E-state index in [9.17, 15) is 9.59 Å². The minimum absolute atomic E-state index is 0.0862. The van der Waals surface area contributed by atoms with E-state index in [0.29, 0.717) is 6.42 Å². The van der Waals surface area contributed by atoms with Crippen molar-refractivity contribution in [2.45, 2.75) is 25.3 Å². The van der Waals surface area contributed by atoms with E-state index in [0.717, 1.165) is 12.0 Å². The third-order valence-corrected chi connectivity index (χ3v) is 2.56. The molecule has 0 saturated carbocycles. The van der Waals surface area contributed by atoms with E-state index in [1.807, 2.05) is 30.3 Å². The van der Waals surface area contributed by atoms with Crippen molar-refractivity contribution in [1.82, 2.24) is 5.32 Å². The van der Waals surface area contributed by atoms with Crippen molar-refractivity contribution in [1.29, 1.82) is 0 Å². The molecule has 0 unspecified atom stereocenters. The molecular weight excluding hydrogens is 232 g/mol. The van der Waals surface area contributed by atoms with Crippen LogP contribution in [-0.2, 0) is 16.0 Å². The number of hydrogen-bond acceptors (Lipinski definition) is 3. The fourth-order valence-corrected chi connectivity index (χ4v) is 1.52. The van der Waals surface area contributed by atoms with Gasteiger partial charge in [-0.05, 0) is 18.4 Å². The lowest BCUT2D eigenvalue weighted by Crippen LogP contribution is -2.41. The Balaban J connectivity index is 2.25. The summed E-state index contributed by atoms with van der Waals surface area (Å²) in [4.78, 5) is 21.8. The van der Waals surface area contributed by atoms with Crippen LogP contribution in [0.4, 0.5) is 0 Å². The molecule has 0 saturated heterocycles. The summed E-state index contributed by atoms with van der Waals surface area (Å²) in [5.74, 6) is -1.24. The van der Waals surface area contributed by atoms with E-state index in [2.05, 4.69) is 5.32 Å². The van der Waals surface area contributed by atoms with Gasteiger partial charge in [0.1, 0.15) is 0 Å². The topological polar surface area (TPSA) is 92.4 Å². The van der Waals surface area contributed by atoms with Crippen LogP contribution in [0.3, 0.4) is 0 Å². The predicted octanol–water partition coefficient (Wildman–Crippen LogP) is 0.537. The maximum atomic E-state index is 11.5. The zero-order valence-corrected chi connectivity index (χ0v) is 10.1. The van der Waals surface area contributed by atoms with Gasteiger partial charge in [-0.15, -0.1) is 0 Å². The maximum absolute atomic E-state index is 11.5. The molecule has 1 aromatic carbocycles. The first-order valence-corrected chi connectivity index (χ1v) is 5.88. The van der Waals surface area contributed by atoms with E-state index >= 15 is 0 Å². The number of amides is 1. The fraction of sp³-hybridized carbons (Fsp3) is 0.385. The molecule has 0 fully saturated rings. The molecule has 5 nitrogen and oxygen atoms in total. The van der Waals surface area contributed by atoms with Crippen molar-refractivity contribution < 1.29 is 14.7 Å². The molecule has 0 aliphatic rings. The van der Waals surface area contributed by atoms with Crippen LogP contribution in [0.2, 0.25) is 0 Å². The monoisotopic (exact) mass is 250 g/mol. The lowest BCUT2D eigenvalue weighted by Gasteiger charge is -2.11. The summed E-state index contributed by atoms with van der Waals surface area (Å²) in [6.45, 7) is 0.118. The highest BCUT2D eigenvalue weighted by Gasteiger charge is 2.12. The summed E-state index contributed by atoms with van der Waals surface area (Å²) in [5, 5.41) is 10.9. The maximum Gasteiger partial charge on any atom is 0.305 e. The molecule has 0 aromatic heterocycles. The van der Waals surface area contributed by atoms with Gasteiger partial charge in [0.05, 0.1) is 12.5 Å². The van der Waals surface area contributed by atoms with Crippen molar-refractivity contribution in [3.8, 4) is 0 Å². The number of rotatable bonds is 7. The van der Waals surface area contributed by atoms with Crippen LogP contribution < -0.4 is 11.1 Å². The Kier molecular flexibility index (Phi) is 5.87. The van der Waals surface area contributed by atoms with Gasteiger partial charge in [-0.2, -0.15) is 0 Å². The minimum atomic E-state index is -0.937. The molecule has 0 heterocycles. The van der Waals surface area contributed by atoms with Crippen LogP contribution in [0, 0.1) is 0 Å². The normalized spacial score (nSPS) is 11.8. The molecule has 0 radical (unpaired) electrons. The number of aliphatic carboxylic acids is 1. The Labute approximate surface area is 106 Å². The number of nitrogens with one attached hydrogen (secondary N) is 1. The smallest absolute Gasteiger partial charge is 0.305 e. The number of carbonyl (C=O) groups excluding carboxylic acids is 1. The number of aryl methyl sites for hydroxylation is 1. The lowest BCUT2D eigenvalue weighted by atomic mass is 10.1. The van der Waals surface area contributed by atoms with Crippen LogP contribution in [0.25, 0.3) is 0 Å². The first kappa shape index (κ1) is 14.2. The number of benzene rings is 1. The second kappa shape index (κ2) is 7.45. The predicted molar refractivity (Wildman–Crippen MR) is 68.0 cm³/mol. The van der Waals surface area contributed by atoms with Gasteiger partial charge in [0.25, 0.3) is 0 Å². The molecule has 5 heteroatoms. The van der Waals surface area contributed by atoms with E-state index < -0.39 is 12.0 Å². The fourth-order valence-electron chi connectivity index (χ4n) is 1.52. The molecule has 18 heavy (non-hydrogen) atoms. The van der Waals surface area contributed by atoms with Crippen molar-refractivity contribution >= 4 is 11.9 Å². The molecular formula is C13H18N2O3. The molecule has 1 amide bonds. The van der Waals surface area contributed by atoms with Gasteiger partial charge in [-0.3, -0.25) is 9.59 Å². The minimum Gasteiger partial charge on any atom is -0.481 e. The standard InChI is InChI=1S/C13H18N2O3/c14-11(13(18)15-9-8-12(16)17)7-6-10-4-2-1-3-5-10/h1-5,11H,6-9,14H2,(H,15,18)(H,16,17)/t11-/m0/s1. The van der Waals surface area contributed by atoms with Crippen molar-refractivity contribution in [3.63, 3.8) is 0 Å². The largest absolute Gasteiger partial charge is 0.481 e. The van der Waals surface area contributed by atoms with Gasteiger partial charge in [-0.25, -0.2) is 0 Å². The zero-order chi connectivity index (χ0) is 13.4. The number of nitrogens with two attached hydrogens (primary N) is 1. The summed E-state index contributed by atoms with van der Waals surface area (Å²) < 4.78 is 0. The molecule has 0 aliphatic carbocycles. The molecule has 1 rings (SSSR count). The summed E-state index contributed by atoms with van der Waals surface area (Å²) in [6, 6.07) is 9.17. The number of hydrogen-bond donors (Lipinski definition) is 3. The molecule has 0 bridgehead atoms. The Hall–Kier alpha value is -1.88. The first-order valence-electron chi connectivity index (χ1n) is 5.88. The van der Waals surface area contributed by atoms with Gasteiger partial charge in [0.2, 0.25) is 5.91 Å². The summed E-state index contributed by atoms with van der Waals surface area (Å²) in [6.07, 6.45) is 1.19. The Morgan fingerprint density at radius 3 is 2.56 bits per heavy atom. The van der Waals surface area contributed by atoms with Crippen LogP contribution in [0.5, 0.6) is 0 Å². The van der Waals surface area contributed by atoms with E-state index in [-0.39, 0.29) is 18.9 Å². The third-order valence-electron chi connectivity index (χ3n) is 2.56. The number of carbonyl (C=O) groups is 2. The number of carboxylic acid groups (broad SMARTS) is 1. The quantitative estimate of drug-likeness (QED) is 0.658. The molecule has 1 atom stereocenters. The van der Waals surface area contributed by atoms with E-state index in [1.165, 1.54) is 0 Å². The zero-order valence-electron chi connectivity index (χ0n) is 10.1. The van der Waals surface area contributed by atoms with Gasteiger partial charge in [0, 0.05) is 6.54 Å². The van der Waals surface area contributed by atoms with Gasteiger partial charge in [-0.1, -0.05) is 30.3 Å². The van der Waals surface area contributed by atoms with Gasteiger partial charge in [0.15, 0.2) is 0 Å². The Bertz CT molecular complexity index is 392. The SMILES string of the molecule is N[C@@H](CCc1ccccc1)C(=O)NCCC(=O)O. The summed E-state index contributed by atoms with van der Waals surface area (Å²) in [7, 11) is 0. The van der Waals surface area contributed by atoms with Crippen LogP contribution >= 0.6 is 0 Å². The first-order chi connectivity index (χ1) is 8.59. The molecule has 4 N–H and O–H groups in total. The van der Waals surface area contributed by atoms with Gasteiger partial charge < -0.3 is 16.2 Å². The van der Waals surface area contributed by atoms with Gasteiger partial charge >= 0.3 is 5.97 Å². The number of carboxylic acids is 1.